The number of amides is 1. The van der Waals surface area contributed by atoms with Crippen LogP contribution < -0.4 is 5.32 Å². The van der Waals surface area contributed by atoms with Crippen LogP contribution in [0.2, 0.25) is 8.67 Å². The summed E-state index contributed by atoms with van der Waals surface area (Å²) in [6, 6.07) is 3.63. The zero-order chi connectivity index (χ0) is 17.4. The van der Waals surface area contributed by atoms with Crippen molar-refractivity contribution in [3.63, 3.8) is 0 Å². The van der Waals surface area contributed by atoms with E-state index in [9.17, 15) is 4.79 Å². The van der Waals surface area contributed by atoms with Crippen molar-refractivity contribution in [2.24, 2.45) is 0 Å². The zero-order valence-corrected chi connectivity index (χ0v) is 16.3. The Labute approximate surface area is 157 Å². The molecular weight excluding hydrogens is 387 g/mol. The van der Waals surface area contributed by atoms with Gasteiger partial charge in [-0.25, -0.2) is 4.98 Å². The van der Waals surface area contributed by atoms with Crippen LogP contribution >= 0.6 is 45.9 Å². The number of rotatable bonds is 4. The fourth-order valence-electron chi connectivity index (χ4n) is 2.21. The fourth-order valence-corrected chi connectivity index (χ4v) is 4.40. The molecule has 0 aliphatic heterocycles. The van der Waals surface area contributed by atoms with Crippen LogP contribution in [-0.4, -0.2) is 20.7 Å². The summed E-state index contributed by atoms with van der Waals surface area (Å²) in [5.74, 6) is -0.236. The van der Waals surface area contributed by atoms with E-state index < -0.39 is 0 Å². The first-order chi connectivity index (χ1) is 11.3. The minimum absolute atomic E-state index is 0.0954. The molecule has 0 atom stereocenters. The molecule has 0 saturated carbocycles. The average molecular weight is 401 g/mol. The van der Waals surface area contributed by atoms with Crippen molar-refractivity contribution < 1.29 is 4.79 Å². The zero-order valence-electron chi connectivity index (χ0n) is 13.1. The van der Waals surface area contributed by atoms with Gasteiger partial charge >= 0.3 is 0 Å². The van der Waals surface area contributed by atoms with E-state index in [-0.39, 0.29) is 11.9 Å². The lowest BCUT2D eigenvalue weighted by atomic mass is 10.3. The minimum Gasteiger partial charge on any atom is -0.296 e. The molecule has 0 unspecified atom stereocenters. The third kappa shape index (κ3) is 3.49. The van der Waals surface area contributed by atoms with E-state index in [1.54, 1.807) is 16.8 Å². The van der Waals surface area contributed by atoms with Gasteiger partial charge in [0.25, 0.3) is 5.91 Å². The lowest BCUT2D eigenvalue weighted by molar-refractivity contribution is 0.101. The first kappa shape index (κ1) is 17.4. The number of nitrogens with one attached hydrogen (secondary N) is 1. The van der Waals surface area contributed by atoms with Gasteiger partial charge in [-0.1, -0.05) is 23.2 Å². The highest BCUT2D eigenvalue weighted by molar-refractivity contribution is 7.20. The van der Waals surface area contributed by atoms with Gasteiger partial charge in [0, 0.05) is 17.0 Å². The van der Waals surface area contributed by atoms with E-state index in [0.717, 1.165) is 11.3 Å². The lowest BCUT2D eigenvalue weighted by Gasteiger charge is -2.09. The van der Waals surface area contributed by atoms with Gasteiger partial charge in [-0.05, 0) is 32.9 Å². The van der Waals surface area contributed by atoms with Gasteiger partial charge in [-0.3, -0.25) is 14.8 Å². The number of aromatic nitrogens is 3. The van der Waals surface area contributed by atoms with Crippen molar-refractivity contribution in [1.29, 1.82) is 0 Å². The van der Waals surface area contributed by atoms with Gasteiger partial charge < -0.3 is 0 Å². The summed E-state index contributed by atoms with van der Waals surface area (Å²) in [5.41, 5.74) is 2.77. The number of thiazole rings is 1. The van der Waals surface area contributed by atoms with E-state index in [1.807, 2.05) is 26.2 Å². The molecule has 1 amide bonds. The number of hydrogen-bond acceptors (Lipinski definition) is 5. The van der Waals surface area contributed by atoms with E-state index in [1.165, 1.54) is 22.7 Å². The molecule has 0 saturated heterocycles. The van der Waals surface area contributed by atoms with Crippen LogP contribution in [0.4, 0.5) is 5.13 Å². The van der Waals surface area contributed by atoms with Crippen LogP contribution in [0, 0.1) is 6.92 Å². The van der Waals surface area contributed by atoms with Crippen molar-refractivity contribution in [3.8, 4) is 11.3 Å². The van der Waals surface area contributed by atoms with Crippen LogP contribution in [0.15, 0.2) is 17.5 Å². The molecular formula is C15H14Cl2N4OS2. The number of halogens is 2. The molecule has 3 aromatic heterocycles. The molecule has 0 aliphatic carbocycles. The largest absolute Gasteiger partial charge is 0.296 e. The number of anilines is 1. The maximum absolute atomic E-state index is 12.5. The van der Waals surface area contributed by atoms with Crippen molar-refractivity contribution in [1.82, 2.24) is 14.8 Å². The number of aryl methyl sites for hydroxylation is 1. The predicted octanol–water partition coefficient (Wildman–Crippen LogP) is 5.52. The maximum Gasteiger partial charge on any atom is 0.275 e. The Balaban J connectivity index is 1.82. The molecule has 0 spiro atoms. The number of nitrogens with zero attached hydrogens (tertiary/aromatic N) is 3. The van der Waals surface area contributed by atoms with E-state index in [2.05, 4.69) is 15.4 Å². The van der Waals surface area contributed by atoms with Gasteiger partial charge in [0.2, 0.25) is 0 Å². The topological polar surface area (TPSA) is 59.8 Å². The van der Waals surface area contributed by atoms with Crippen LogP contribution in [0.5, 0.6) is 0 Å². The molecule has 0 fully saturated rings. The molecule has 0 aliphatic rings. The van der Waals surface area contributed by atoms with E-state index in [4.69, 9.17) is 23.2 Å². The quantitative estimate of drug-likeness (QED) is 0.627. The molecule has 126 valence electrons. The average Bonchev–Trinajstić information content (AvgIpc) is 3.18. The fraction of sp³-hybridized carbons (Fsp3) is 0.267. The van der Waals surface area contributed by atoms with E-state index in [0.29, 0.717) is 25.2 Å². The number of carbonyl (C=O) groups excluding carboxylic acids is 1. The molecule has 3 aromatic rings. The summed E-state index contributed by atoms with van der Waals surface area (Å²) < 4.78 is 2.89. The molecule has 3 rings (SSSR count). The molecule has 3 heterocycles. The normalized spacial score (nSPS) is 11.2. The van der Waals surface area contributed by atoms with Crippen LogP contribution in [0.1, 0.15) is 36.1 Å². The molecule has 0 radical (unpaired) electrons. The highest BCUT2D eigenvalue weighted by atomic mass is 35.5. The summed E-state index contributed by atoms with van der Waals surface area (Å²) in [5, 5.41) is 9.51. The van der Waals surface area contributed by atoms with E-state index >= 15 is 0 Å². The lowest BCUT2D eigenvalue weighted by Crippen LogP contribution is -2.18. The Morgan fingerprint density at radius 3 is 2.71 bits per heavy atom. The summed E-state index contributed by atoms with van der Waals surface area (Å²) in [4.78, 5) is 16.9. The maximum atomic E-state index is 12.5. The summed E-state index contributed by atoms with van der Waals surface area (Å²) in [6.45, 7) is 5.82. The Hall–Kier alpha value is -1.41. The molecule has 24 heavy (non-hydrogen) atoms. The van der Waals surface area contributed by atoms with Gasteiger partial charge in [0.15, 0.2) is 5.13 Å². The summed E-state index contributed by atoms with van der Waals surface area (Å²) >= 11 is 14.7. The number of thiophene rings is 1. The van der Waals surface area contributed by atoms with Gasteiger partial charge in [0.05, 0.1) is 15.7 Å². The monoisotopic (exact) mass is 400 g/mol. The van der Waals surface area contributed by atoms with Crippen LogP contribution in [0.25, 0.3) is 11.3 Å². The van der Waals surface area contributed by atoms with Crippen LogP contribution in [-0.2, 0) is 0 Å². The molecule has 9 heteroatoms. The van der Waals surface area contributed by atoms with Gasteiger partial charge in [-0.2, -0.15) is 5.10 Å². The van der Waals surface area contributed by atoms with Gasteiger partial charge in [-0.15, -0.1) is 22.7 Å². The second-order valence-electron chi connectivity index (χ2n) is 5.44. The predicted molar refractivity (Wildman–Crippen MR) is 101 cm³/mol. The molecule has 5 nitrogen and oxygen atoms in total. The SMILES string of the molecule is Cc1cc(C(=O)Nc2nc(-c3cc(Cl)sc3Cl)cs2)n(C(C)C)n1. The van der Waals surface area contributed by atoms with Crippen molar-refractivity contribution in [3.05, 3.63) is 37.6 Å². The Bertz CT molecular complexity index is 897. The van der Waals surface area contributed by atoms with Crippen LogP contribution in [0.3, 0.4) is 0 Å². The standard InChI is InChI=1S/C15H14Cl2N4OS2/c1-7(2)21-11(4-8(3)20-21)14(22)19-15-18-10(6-23-15)9-5-12(16)24-13(9)17/h4-7H,1-3H3,(H,18,19,22). The summed E-state index contributed by atoms with van der Waals surface area (Å²) in [7, 11) is 0. The number of hydrogen-bond donors (Lipinski definition) is 1. The smallest absolute Gasteiger partial charge is 0.275 e. The highest BCUT2D eigenvalue weighted by Crippen LogP contribution is 2.39. The molecule has 1 N–H and O–H groups in total. The van der Waals surface area contributed by atoms with Crippen molar-refractivity contribution >= 4 is 56.9 Å². The Morgan fingerprint density at radius 1 is 1.33 bits per heavy atom. The molecule has 0 aromatic carbocycles. The Kier molecular flexibility index (Phi) is 4.96. The number of carbonyl (C=O) groups is 1. The van der Waals surface area contributed by atoms with Crippen molar-refractivity contribution in [2.45, 2.75) is 26.8 Å². The third-order valence-corrected chi connectivity index (χ3v) is 5.48. The van der Waals surface area contributed by atoms with Gasteiger partial charge in [0.1, 0.15) is 10.0 Å². The Morgan fingerprint density at radius 2 is 2.08 bits per heavy atom. The van der Waals surface area contributed by atoms with Crippen molar-refractivity contribution in [2.75, 3.05) is 5.32 Å². The third-order valence-electron chi connectivity index (χ3n) is 3.24. The first-order valence-electron chi connectivity index (χ1n) is 7.13. The molecule has 0 bridgehead atoms. The second kappa shape index (κ2) is 6.84. The highest BCUT2D eigenvalue weighted by Gasteiger charge is 2.18. The first-order valence-corrected chi connectivity index (χ1v) is 9.58. The second-order valence-corrected chi connectivity index (χ2v) is 8.58. The minimum atomic E-state index is -0.236. The summed E-state index contributed by atoms with van der Waals surface area (Å²) in [6.07, 6.45) is 0.